The number of rotatable bonds is 9. The summed E-state index contributed by atoms with van der Waals surface area (Å²) >= 11 is 0. The third-order valence-electron chi connectivity index (χ3n) is 11.3. The summed E-state index contributed by atoms with van der Waals surface area (Å²) in [7, 11) is -2.75. The normalized spacial score (nSPS) is 19.6. The number of anilines is 1. The number of aromatic nitrogens is 2. The Morgan fingerprint density at radius 2 is 1.48 bits per heavy atom. The summed E-state index contributed by atoms with van der Waals surface area (Å²) in [6.07, 6.45) is 3.97. The van der Waals surface area contributed by atoms with Gasteiger partial charge in [0.2, 0.25) is 11.8 Å². The topological polar surface area (TPSA) is 192 Å². The van der Waals surface area contributed by atoms with Crippen LogP contribution in [0.1, 0.15) is 63.0 Å². The van der Waals surface area contributed by atoms with E-state index in [9.17, 15) is 22.8 Å². The van der Waals surface area contributed by atoms with Gasteiger partial charge in [-0.05, 0) is 83.3 Å². The number of alkyl carbamates (subject to hydrolysis) is 1. The summed E-state index contributed by atoms with van der Waals surface area (Å²) in [5.41, 5.74) is 10.9. The molecular formula is C43H46N8O6S. The van der Waals surface area contributed by atoms with Crippen molar-refractivity contribution in [2.24, 2.45) is 16.0 Å². The summed E-state index contributed by atoms with van der Waals surface area (Å²) in [6, 6.07) is 24.1. The van der Waals surface area contributed by atoms with Gasteiger partial charge in [-0.3, -0.25) is 9.59 Å². The highest BCUT2D eigenvalue weighted by atomic mass is 32.2. The number of amides is 3. The van der Waals surface area contributed by atoms with E-state index in [1.807, 2.05) is 74.5 Å². The average molecular weight is 803 g/mol. The lowest BCUT2D eigenvalue weighted by Gasteiger charge is -2.30. The van der Waals surface area contributed by atoms with Gasteiger partial charge in [-0.1, -0.05) is 74.5 Å². The standard InChI is InChI=1S/C43H46N8O6S/c1-25(2)38(48-43(54)57-3)42(53)51-20-7-11-34(51)39-45-24-33(47-39)31-16-15-27-21-28(13-14-29(27)22-31)30-17-18-36-32(23-30)46-40(49-58(36,55)56)35-12-8-19-50(35)41(52)37(44)26-9-5-4-6-10-26/h4-6,9-10,13-18,21-25,34-35,37-38H,7-8,11-12,19-20,44H2,1-3H3,(H,45,47)(H,46,49)(H,48,54)/t34-,35-,37+,38-/m0/s1. The molecule has 4 atom stereocenters. The number of sulfonamides is 1. The predicted molar refractivity (Wildman–Crippen MR) is 221 cm³/mol. The van der Waals surface area contributed by atoms with E-state index in [4.69, 9.17) is 10.5 Å². The number of ether oxygens (including phenoxy) is 1. The number of nitrogens with two attached hydrogens (primary N) is 1. The van der Waals surface area contributed by atoms with Gasteiger partial charge in [0.1, 0.15) is 28.6 Å². The lowest BCUT2D eigenvalue weighted by Crippen LogP contribution is -2.51. The largest absolute Gasteiger partial charge is 0.453 e. The summed E-state index contributed by atoms with van der Waals surface area (Å²) in [4.78, 5) is 50.8. The van der Waals surface area contributed by atoms with E-state index in [1.165, 1.54) is 7.11 Å². The van der Waals surface area contributed by atoms with Gasteiger partial charge in [0.15, 0.2) is 0 Å². The van der Waals surface area contributed by atoms with Crippen LogP contribution in [0.2, 0.25) is 0 Å². The van der Waals surface area contributed by atoms with E-state index in [1.54, 1.807) is 28.1 Å². The zero-order valence-electron chi connectivity index (χ0n) is 32.5. The lowest BCUT2D eigenvalue weighted by molar-refractivity contribution is -0.135. The summed E-state index contributed by atoms with van der Waals surface area (Å²) in [5, 5.41) is 7.94. The minimum Gasteiger partial charge on any atom is -0.453 e. The molecule has 1 aromatic heterocycles. The second kappa shape index (κ2) is 15.7. The number of carbonyl (C=O) groups excluding carboxylic acids is 3. The third kappa shape index (κ3) is 7.42. The number of H-pyrrole nitrogens is 1. The molecule has 0 spiro atoms. The van der Waals surface area contributed by atoms with Crippen molar-refractivity contribution in [2.75, 3.05) is 25.5 Å². The summed E-state index contributed by atoms with van der Waals surface area (Å²) in [6.45, 7) is 4.80. The maximum atomic E-state index is 13.6. The fourth-order valence-electron chi connectivity index (χ4n) is 8.25. The highest BCUT2D eigenvalue weighted by molar-refractivity contribution is 7.90. The molecule has 8 rings (SSSR count). The lowest BCUT2D eigenvalue weighted by atomic mass is 9.99. The van der Waals surface area contributed by atoms with Crippen molar-refractivity contribution < 1.29 is 27.5 Å². The first-order valence-corrected chi connectivity index (χ1v) is 21.0. The Balaban J connectivity index is 0.998. The van der Waals surface area contributed by atoms with Crippen LogP contribution in [0.25, 0.3) is 33.2 Å². The second-order valence-corrected chi connectivity index (χ2v) is 16.9. The van der Waals surface area contributed by atoms with Crippen molar-refractivity contribution in [3.8, 4) is 22.4 Å². The van der Waals surface area contributed by atoms with Crippen molar-refractivity contribution in [1.29, 1.82) is 0 Å². The molecule has 58 heavy (non-hydrogen) atoms. The van der Waals surface area contributed by atoms with E-state index >= 15 is 0 Å². The number of imidazole rings is 1. The van der Waals surface area contributed by atoms with Crippen LogP contribution in [-0.2, 0) is 24.3 Å². The summed E-state index contributed by atoms with van der Waals surface area (Å²) < 4.78 is 35.8. The van der Waals surface area contributed by atoms with Gasteiger partial charge in [0, 0.05) is 18.7 Å². The SMILES string of the molecule is COC(=O)N[C@H](C(=O)N1CCC[C@H]1c1ncc(-c2ccc3cc(-c4ccc5c(c4)NC([C@@H]4CCCN4C(=O)[C@H](N)c4ccccc4)=NS5(=O)=O)ccc3c2)[nH]1)C(C)C. The molecule has 5 aromatic rings. The fraction of sp³-hybridized carbons (Fsp3) is 0.326. The molecule has 300 valence electrons. The Bertz CT molecular complexity index is 2540. The van der Waals surface area contributed by atoms with Crippen LogP contribution in [0.3, 0.4) is 0 Å². The Morgan fingerprint density at radius 1 is 0.845 bits per heavy atom. The van der Waals surface area contributed by atoms with Crippen LogP contribution in [0.4, 0.5) is 10.5 Å². The van der Waals surface area contributed by atoms with Gasteiger partial charge < -0.3 is 35.9 Å². The third-order valence-corrected chi connectivity index (χ3v) is 12.7. The van der Waals surface area contributed by atoms with E-state index < -0.39 is 34.2 Å². The molecule has 0 unspecified atom stereocenters. The Labute approximate surface area is 336 Å². The van der Waals surface area contributed by atoms with Crippen LogP contribution >= 0.6 is 0 Å². The molecule has 14 nitrogen and oxygen atoms in total. The highest BCUT2D eigenvalue weighted by Gasteiger charge is 2.40. The maximum Gasteiger partial charge on any atom is 0.407 e. The molecule has 0 bridgehead atoms. The van der Waals surface area contributed by atoms with Gasteiger partial charge in [-0.2, -0.15) is 8.42 Å². The van der Waals surface area contributed by atoms with Crippen molar-refractivity contribution in [2.45, 2.75) is 68.6 Å². The van der Waals surface area contributed by atoms with Crippen LogP contribution in [0.15, 0.2) is 100 Å². The van der Waals surface area contributed by atoms with Crippen LogP contribution in [0.5, 0.6) is 0 Å². The quantitative estimate of drug-likeness (QED) is 0.135. The molecule has 4 heterocycles. The van der Waals surface area contributed by atoms with Gasteiger partial charge in [0.05, 0.1) is 36.8 Å². The number of hydrogen-bond donors (Lipinski definition) is 4. The van der Waals surface area contributed by atoms with E-state index in [2.05, 4.69) is 37.1 Å². The van der Waals surface area contributed by atoms with Gasteiger partial charge >= 0.3 is 6.09 Å². The molecule has 15 heteroatoms. The number of hydrogen-bond acceptors (Lipinski definition) is 9. The molecule has 3 amide bonds. The van der Waals surface area contributed by atoms with Gasteiger partial charge in [-0.15, -0.1) is 4.40 Å². The minimum atomic E-state index is -4.03. The van der Waals surface area contributed by atoms with E-state index in [0.717, 1.165) is 46.0 Å². The van der Waals surface area contributed by atoms with Crippen LogP contribution in [0, 0.1) is 5.92 Å². The van der Waals surface area contributed by atoms with E-state index in [-0.39, 0.29) is 34.5 Å². The van der Waals surface area contributed by atoms with E-state index in [0.29, 0.717) is 43.0 Å². The number of likely N-dealkylation sites (tertiary alicyclic amines) is 2. The molecule has 0 saturated carbocycles. The number of fused-ring (bicyclic) bond motifs is 2. The second-order valence-electron chi connectivity index (χ2n) is 15.4. The number of nitrogens with zero attached hydrogens (tertiary/aromatic N) is 4. The maximum absolute atomic E-state index is 13.6. The Morgan fingerprint density at radius 3 is 2.19 bits per heavy atom. The molecule has 0 radical (unpaired) electrons. The Hall–Kier alpha value is -6.06. The fourth-order valence-corrected chi connectivity index (χ4v) is 9.40. The molecule has 0 aliphatic carbocycles. The highest BCUT2D eigenvalue weighted by Crippen LogP contribution is 2.37. The number of benzene rings is 4. The molecule has 3 aliphatic heterocycles. The molecule has 2 saturated heterocycles. The van der Waals surface area contributed by atoms with Crippen molar-refractivity contribution in [3.63, 3.8) is 0 Å². The van der Waals surface area contributed by atoms with Crippen LogP contribution in [-0.4, -0.2) is 84.2 Å². The smallest absolute Gasteiger partial charge is 0.407 e. The molecule has 5 N–H and O–H groups in total. The van der Waals surface area contributed by atoms with Gasteiger partial charge in [0.25, 0.3) is 10.0 Å². The minimum absolute atomic E-state index is 0.0731. The predicted octanol–water partition coefficient (Wildman–Crippen LogP) is 6.14. The summed E-state index contributed by atoms with van der Waals surface area (Å²) in [5.74, 6) is 0.338. The van der Waals surface area contributed by atoms with Crippen molar-refractivity contribution >= 4 is 50.2 Å². The number of nitrogens with one attached hydrogen (secondary N) is 3. The molecule has 2 fully saturated rings. The zero-order chi connectivity index (χ0) is 40.7. The first-order chi connectivity index (χ1) is 27.9. The zero-order valence-corrected chi connectivity index (χ0v) is 33.3. The molecule has 4 aromatic carbocycles. The average Bonchev–Trinajstić information content (AvgIpc) is 4.03. The first-order valence-electron chi connectivity index (χ1n) is 19.5. The van der Waals surface area contributed by atoms with Crippen molar-refractivity contribution in [3.05, 3.63) is 103 Å². The molecular weight excluding hydrogens is 757 g/mol. The first kappa shape index (κ1) is 38.8. The molecule has 3 aliphatic rings. The van der Waals surface area contributed by atoms with Crippen molar-refractivity contribution in [1.82, 2.24) is 25.1 Å². The number of amidine groups is 1. The number of aromatic amines is 1. The number of methoxy groups -OCH3 is 1. The monoisotopic (exact) mass is 802 g/mol. The van der Waals surface area contributed by atoms with Gasteiger partial charge in [-0.25, -0.2) is 9.78 Å². The number of carbonyl (C=O) groups is 3. The van der Waals surface area contributed by atoms with Crippen LogP contribution < -0.4 is 16.4 Å². The Kier molecular flexibility index (Phi) is 10.5.